The molecule has 0 bridgehead atoms. The molecule has 0 saturated carbocycles. The van der Waals surface area contributed by atoms with Gasteiger partial charge < -0.3 is 4.42 Å². The second kappa shape index (κ2) is 14.0. The molecule has 0 aliphatic rings. The minimum absolute atomic E-state index is 0.158. The second-order valence-corrected chi connectivity index (χ2v) is 15.0. The lowest BCUT2D eigenvalue weighted by atomic mass is 9.59. The largest absolute Gasteiger partial charge is 0.455 e. The first-order valence-electron chi connectivity index (χ1n) is 19.6. The third-order valence-electron chi connectivity index (χ3n) is 11.6. The van der Waals surface area contributed by atoms with Crippen molar-refractivity contribution in [1.29, 1.82) is 0 Å². The highest BCUT2D eigenvalue weighted by Crippen LogP contribution is 2.43. The highest BCUT2D eigenvalue weighted by molar-refractivity contribution is 6.68. The van der Waals surface area contributed by atoms with Crippen molar-refractivity contribution in [3.63, 3.8) is 0 Å². The molecule has 0 atom stereocenters. The van der Waals surface area contributed by atoms with E-state index in [0.717, 1.165) is 38.6 Å². The maximum absolute atomic E-state index is 6.78. The molecule has 0 amide bonds. The van der Waals surface area contributed by atoms with Gasteiger partial charge in [0.25, 0.3) is 0 Å². The number of hydrogen-bond donors (Lipinski definition) is 0. The average molecular weight is 751 g/mol. The SMILES string of the molecule is [B]c1c([B])c([B])c(-c2cccc(-c3nc(-c4ccccc4)nc(-c4cccc5c4oc4cccc(-c6ccc7c8ccccc8c8ccccc8c7c6)c45)n3)c2)c([B])c1[B]. The van der Waals surface area contributed by atoms with Crippen LogP contribution in [-0.4, -0.2) is 54.2 Å². The van der Waals surface area contributed by atoms with E-state index in [0.29, 0.717) is 39.7 Å². The summed E-state index contributed by atoms with van der Waals surface area (Å²) in [5, 5.41) is 9.34. The third kappa shape index (κ3) is 5.64. The molecule has 0 fully saturated rings. The maximum atomic E-state index is 6.78. The normalized spacial score (nSPS) is 11.7. The molecule has 2 aromatic heterocycles. The van der Waals surface area contributed by atoms with E-state index in [1.807, 2.05) is 78.9 Å². The van der Waals surface area contributed by atoms with Gasteiger partial charge in [-0.3, -0.25) is 0 Å². The molecule has 0 spiro atoms. The number of fused-ring (bicyclic) bond motifs is 9. The Morgan fingerprint density at radius 1 is 0.333 bits per heavy atom. The van der Waals surface area contributed by atoms with Crippen LogP contribution in [0.5, 0.6) is 0 Å². The van der Waals surface area contributed by atoms with Crippen LogP contribution in [0.4, 0.5) is 0 Å². The fourth-order valence-electron chi connectivity index (χ4n) is 8.66. The molecule has 60 heavy (non-hydrogen) atoms. The second-order valence-electron chi connectivity index (χ2n) is 15.0. The van der Waals surface area contributed by atoms with E-state index in [-0.39, 0.29) is 27.3 Å². The monoisotopic (exact) mass is 751 g/mol. The van der Waals surface area contributed by atoms with Crippen LogP contribution in [0.1, 0.15) is 0 Å². The van der Waals surface area contributed by atoms with Crippen LogP contribution in [0.15, 0.2) is 162 Å². The Kier molecular flexibility index (Phi) is 8.42. The van der Waals surface area contributed by atoms with Crippen molar-refractivity contribution in [3.8, 4) is 56.4 Å². The molecule has 9 aromatic carbocycles. The molecule has 0 saturated heterocycles. The van der Waals surface area contributed by atoms with Gasteiger partial charge >= 0.3 is 0 Å². The molecule has 0 aliphatic carbocycles. The smallest absolute Gasteiger partial charge is 0.167 e. The standard InChI is InChI=1S/C51H26B5N3O/c52-43-41(44(53)46(55)47(56)45(43)54)29-13-8-14-30(25-29)50-57-49(27-11-2-1-3-12-27)58-51(59-50)38-21-9-20-37-42-31(19-10-22-40(42)60-48(37)38)28-23-24-36-34-17-5-4-15-32(34)33-16-6-7-18-35(33)39(36)26-28/h1-26H. The Balaban J connectivity index is 1.10. The van der Waals surface area contributed by atoms with Crippen molar-refractivity contribution in [2.45, 2.75) is 0 Å². The molecule has 10 radical (unpaired) electrons. The van der Waals surface area contributed by atoms with Crippen LogP contribution >= 0.6 is 0 Å². The topological polar surface area (TPSA) is 51.8 Å². The van der Waals surface area contributed by atoms with Gasteiger partial charge in [0.2, 0.25) is 0 Å². The van der Waals surface area contributed by atoms with Gasteiger partial charge in [-0.1, -0.05) is 144 Å². The van der Waals surface area contributed by atoms with Crippen molar-refractivity contribution in [1.82, 2.24) is 15.0 Å². The Labute approximate surface area is 352 Å². The number of hydrogen-bond acceptors (Lipinski definition) is 4. The zero-order chi connectivity index (χ0) is 40.6. The Morgan fingerprint density at radius 2 is 0.833 bits per heavy atom. The number of aromatic nitrogens is 3. The van der Waals surface area contributed by atoms with Crippen molar-refractivity contribution in [2.24, 2.45) is 0 Å². The molecule has 11 rings (SSSR count). The maximum Gasteiger partial charge on any atom is 0.167 e. The molecular formula is C51H26B5N3O. The Hall–Kier alpha value is -7.11. The van der Waals surface area contributed by atoms with Crippen molar-refractivity contribution < 1.29 is 4.42 Å². The minimum atomic E-state index is 0.158. The summed E-state index contributed by atoms with van der Waals surface area (Å²) in [6.45, 7) is 0. The highest BCUT2D eigenvalue weighted by atomic mass is 16.3. The molecule has 0 N–H and O–H groups in total. The fourth-order valence-corrected chi connectivity index (χ4v) is 8.66. The Bertz CT molecular complexity index is 3500. The van der Waals surface area contributed by atoms with Gasteiger partial charge in [-0.25, -0.2) is 15.0 Å². The third-order valence-corrected chi connectivity index (χ3v) is 11.6. The predicted molar refractivity (Wildman–Crippen MR) is 254 cm³/mol. The van der Waals surface area contributed by atoms with Gasteiger partial charge in [0.05, 0.1) is 5.56 Å². The first-order valence-corrected chi connectivity index (χ1v) is 19.6. The first-order chi connectivity index (χ1) is 29.3. The van der Waals surface area contributed by atoms with E-state index in [2.05, 4.69) is 78.9 Å². The Morgan fingerprint density at radius 3 is 1.53 bits per heavy atom. The number of rotatable bonds is 5. The lowest BCUT2D eigenvalue weighted by molar-refractivity contribution is 0.669. The van der Waals surface area contributed by atoms with Gasteiger partial charge in [0.15, 0.2) is 17.5 Å². The molecule has 9 heteroatoms. The van der Waals surface area contributed by atoms with E-state index in [1.165, 1.54) is 32.3 Å². The summed E-state index contributed by atoms with van der Waals surface area (Å²) in [5.41, 5.74) is 8.08. The summed E-state index contributed by atoms with van der Waals surface area (Å²) in [6.07, 6.45) is 0. The summed E-state index contributed by atoms with van der Waals surface area (Å²) in [6, 6.07) is 53.8. The van der Waals surface area contributed by atoms with Crippen molar-refractivity contribution in [3.05, 3.63) is 158 Å². The van der Waals surface area contributed by atoms with Crippen molar-refractivity contribution >= 4 is 121 Å². The highest BCUT2D eigenvalue weighted by Gasteiger charge is 2.21. The molecule has 266 valence electrons. The van der Waals surface area contributed by atoms with E-state index in [9.17, 15) is 0 Å². The lowest BCUT2D eigenvalue weighted by Gasteiger charge is -2.21. The summed E-state index contributed by atoms with van der Waals surface area (Å²) in [5.74, 6) is 1.41. The van der Waals surface area contributed by atoms with E-state index < -0.39 is 0 Å². The zero-order valence-corrected chi connectivity index (χ0v) is 32.1. The number of para-hydroxylation sites is 1. The van der Waals surface area contributed by atoms with Gasteiger partial charge in [-0.05, 0) is 78.8 Å². The van der Waals surface area contributed by atoms with E-state index in [4.69, 9.17) is 58.6 Å². The van der Waals surface area contributed by atoms with Crippen LogP contribution in [0, 0.1) is 0 Å². The summed E-state index contributed by atoms with van der Waals surface area (Å²) in [4.78, 5) is 15.1. The van der Waals surface area contributed by atoms with Gasteiger partial charge in [-0.15, -0.1) is 16.4 Å². The average Bonchev–Trinajstić information content (AvgIpc) is 3.70. The molecular weight excluding hydrogens is 725 g/mol. The van der Waals surface area contributed by atoms with Gasteiger partial charge in [-0.2, -0.15) is 0 Å². The van der Waals surface area contributed by atoms with E-state index in [1.54, 1.807) is 0 Å². The van der Waals surface area contributed by atoms with Crippen LogP contribution in [0.2, 0.25) is 0 Å². The molecule has 2 heterocycles. The number of furan rings is 1. The lowest BCUT2D eigenvalue weighted by Crippen LogP contribution is -2.55. The summed E-state index contributed by atoms with van der Waals surface area (Å²) < 4.78 is 6.78. The van der Waals surface area contributed by atoms with Crippen LogP contribution < -0.4 is 27.3 Å². The van der Waals surface area contributed by atoms with Gasteiger partial charge in [0, 0.05) is 21.9 Å². The molecule has 0 unspecified atom stereocenters. The molecule has 4 nitrogen and oxygen atoms in total. The fraction of sp³-hybridized carbons (Fsp3) is 0. The first kappa shape index (κ1) is 36.0. The van der Waals surface area contributed by atoms with Crippen LogP contribution in [0.3, 0.4) is 0 Å². The zero-order valence-electron chi connectivity index (χ0n) is 32.1. The van der Waals surface area contributed by atoms with Crippen molar-refractivity contribution in [2.75, 3.05) is 0 Å². The summed E-state index contributed by atoms with van der Waals surface area (Å²) in [7, 11) is 31.6. The summed E-state index contributed by atoms with van der Waals surface area (Å²) >= 11 is 0. The molecule has 11 aromatic rings. The van der Waals surface area contributed by atoms with Crippen LogP contribution in [0.25, 0.3) is 111 Å². The number of benzene rings is 9. The quantitative estimate of drug-likeness (QED) is 0.135. The number of nitrogens with zero attached hydrogens (tertiary/aromatic N) is 3. The minimum Gasteiger partial charge on any atom is -0.455 e. The van der Waals surface area contributed by atoms with Gasteiger partial charge in [0.1, 0.15) is 50.4 Å². The van der Waals surface area contributed by atoms with Crippen LogP contribution in [-0.2, 0) is 0 Å². The predicted octanol–water partition coefficient (Wildman–Crippen LogP) is 7.53. The molecule has 0 aliphatic heterocycles. The van der Waals surface area contributed by atoms with E-state index >= 15 is 0 Å².